The molecule has 1 aromatic carbocycles. The number of halogens is 2. The van der Waals surface area contributed by atoms with Crippen LogP contribution in [-0.4, -0.2) is 9.78 Å². The van der Waals surface area contributed by atoms with Crippen molar-refractivity contribution in [3.8, 4) is 0 Å². The topological polar surface area (TPSA) is 29.9 Å². The van der Waals surface area contributed by atoms with Crippen LogP contribution in [0.1, 0.15) is 5.56 Å². The zero-order valence-corrected chi connectivity index (χ0v) is 10.3. The predicted octanol–water partition coefficient (Wildman–Crippen LogP) is 3.34. The van der Waals surface area contributed by atoms with E-state index >= 15 is 0 Å². The highest BCUT2D eigenvalue weighted by Gasteiger charge is 1.99. The molecular formula is C11H11Cl2N3. The average Bonchev–Trinajstić information content (AvgIpc) is 2.60. The third-order valence-electron chi connectivity index (χ3n) is 2.12. The number of hydrogen-bond donors (Lipinski definition) is 1. The Balaban J connectivity index is 2.04. The summed E-state index contributed by atoms with van der Waals surface area (Å²) >= 11 is 11.8. The fourth-order valence-corrected chi connectivity index (χ4v) is 1.95. The molecule has 0 unspecified atom stereocenters. The molecule has 0 fully saturated rings. The zero-order valence-electron chi connectivity index (χ0n) is 8.74. The number of rotatable bonds is 3. The van der Waals surface area contributed by atoms with Crippen molar-refractivity contribution in [3.05, 3.63) is 46.2 Å². The number of nitrogens with zero attached hydrogens (tertiary/aromatic N) is 2. The Bertz CT molecular complexity index is 473. The second-order valence-corrected chi connectivity index (χ2v) is 4.41. The van der Waals surface area contributed by atoms with Crippen LogP contribution in [0.2, 0.25) is 10.0 Å². The van der Waals surface area contributed by atoms with E-state index in [0.717, 1.165) is 11.3 Å². The molecule has 0 spiro atoms. The van der Waals surface area contributed by atoms with E-state index in [9.17, 15) is 0 Å². The standard InChI is InChI=1S/C11H11Cl2N3/c1-16-7-8(6-15-16)5-14-11-3-9(12)2-10(13)4-11/h2-4,6-7,14H,5H2,1H3. The van der Waals surface area contributed by atoms with Gasteiger partial charge in [-0.05, 0) is 18.2 Å². The molecule has 16 heavy (non-hydrogen) atoms. The van der Waals surface area contributed by atoms with Crippen LogP contribution in [-0.2, 0) is 13.6 Å². The van der Waals surface area contributed by atoms with Crippen molar-refractivity contribution < 1.29 is 0 Å². The highest BCUT2D eigenvalue weighted by molar-refractivity contribution is 6.35. The number of hydrogen-bond acceptors (Lipinski definition) is 2. The summed E-state index contributed by atoms with van der Waals surface area (Å²) in [5.41, 5.74) is 2.01. The minimum atomic E-state index is 0.626. The van der Waals surface area contributed by atoms with Crippen LogP contribution < -0.4 is 5.32 Å². The van der Waals surface area contributed by atoms with Gasteiger partial charge in [-0.25, -0.2) is 0 Å². The van der Waals surface area contributed by atoms with Gasteiger partial charge in [-0.1, -0.05) is 23.2 Å². The first-order chi connectivity index (χ1) is 7.63. The molecular weight excluding hydrogens is 245 g/mol. The van der Waals surface area contributed by atoms with Gasteiger partial charge >= 0.3 is 0 Å². The van der Waals surface area contributed by atoms with E-state index in [2.05, 4.69) is 10.4 Å². The lowest BCUT2D eigenvalue weighted by Gasteiger charge is -2.05. The third-order valence-corrected chi connectivity index (χ3v) is 2.55. The number of aromatic nitrogens is 2. The molecule has 84 valence electrons. The molecule has 0 atom stereocenters. The first kappa shape index (κ1) is 11.3. The van der Waals surface area contributed by atoms with Gasteiger partial charge < -0.3 is 5.32 Å². The largest absolute Gasteiger partial charge is 0.381 e. The monoisotopic (exact) mass is 255 g/mol. The molecule has 2 aromatic rings. The van der Waals surface area contributed by atoms with Gasteiger partial charge in [0.2, 0.25) is 0 Å². The quantitative estimate of drug-likeness (QED) is 0.912. The average molecular weight is 256 g/mol. The SMILES string of the molecule is Cn1cc(CNc2cc(Cl)cc(Cl)c2)cn1. The summed E-state index contributed by atoms with van der Waals surface area (Å²) in [6.45, 7) is 0.699. The van der Waals surface area contributed by atoms with E-state index in [1.165, 1.54) is 0 Å². The first-order valence-electron chi connectivity index (χ1n) is 4.81. The van der Waals surface area contributed by atoms with Crippen molar-refractivity contribution in [2.45, 2.75) is 6.54 Å². The molecule has 1 heterocycles. The molecule has 0 amide bonds. The van der Waals surface area contributed by atoms with Gasteiger partial charge in [0.25, 0.3) is 0 Å². The van der Waals surface area contributed by atoms with Crippen molar-refractivity contribution in [2.75, 3.05) is 5.32 Å². The normalized spacial score (nSPS) is 10.4. The number of benzene rings is 1. The Morgan fingerprint density at radius 3 is 2.50 bits per heavy atom. The highest BCUT2D eigenvalue weighted by atomic mass is 35.5. The Labute approximate surface area is 104 Å². The smallest absolute Gasteiger partial charge is 0.0539 e. The molecule has 2 rings (SSSR count). The summed E-state index contributed by atoms with van der Waals surface area (Å²) in [6, 6.07) is 5.38. The number of anilines is 1. The summed E-state index contributed by atoms with van der Waals surface area (Å²) in [6.07, 6.45) is 3.78. The van der Waals surface area contributed by atoms with E-state index < -0.39 is 0 Å². The van der Waals surface area contributed by atoms with Gasteiger partial charge in [-0.15, -0.1) is 0 Å². The Morgan fingerprint density at radius 2 is 1.94 bits per heavy atom. The van der Waals surface area contributed by atoms with Crippen LogP contribution in [0.4, 0.5) is 5.69 Å². The van der Waals surface area contributed by atoms with Crippen molar-refractivity contribution in [2.24, 2.45) is 7.05 Å². The summed E-state index contributed by atoms with van der Waals surface area (Å²) in [4.78, 5) is 0. The molecule has 0 aliphatic rings. The fourth-order valence-electron chi connectivity index (χ4n) is 1.42. The minimum Gasteiger partial charge on any atom is -0.381 e. The molecule has 0 saturated carbocycles. The highest BCUT2D eigenvalue weighted by Crippen LogP contribution is 2.22. The minimum absolute atomic E-state index is 0.626. The molecule has 0 aliphatic heterocycles. The van der Waals surface area contributed by atoms with Crippen LogP contribution in [0, 0.1) is 0 Å². The van der Waals surface area contributed by atoms with Gasteiger partial charge in [-0.3, -0.25) is 4.68 Å². The molecule has 0 bridgehead atoms. The van der Waals surface area contributed by atoms with Crippen LogP contribution >= 0.6 is 23.2 Å². The first-order valence-corrected chi connectivity index (χ1v) is 5.56. The van der Waals surface area contributed by atoms with E-state index in [1.807, 2.05) is 31.6 Å². The molecule has 0 aliphatic carbocycles. The molecule has 3 nitrogen and oxygen atoms in total. The van der Waals surface area contributed by atoms with Crippen LogP contribution in [0.3, 0.4) is 0 Å². The lowest BCUT2D eigenvalue weighted by molar-refractivity contribution is 0.767. The van der Waals surface area contributed by atoms with Crippen molar-refractivity contribution in [1.29, 1.82) is 0 Å². The fraction of sp³-hybridized carbons (Fsp3) is 0.182. The van der Waals surface area contributed by atoms with E-state index in [0.29, 0.717) is 16.6 Å². The Hall–Kier alpha value is -1.19. The predicted molar refractivity (Wildman–Crippen MR) is 67.0 cm³/mol. The van der Waals surface area contributed by atoms with E-state index in [4.69, 9.17) is 23.2 Å². The summed E-state index contributed by atoms with van der Waals surface area (Å²) < 4.78 is 1.77. The Morgan fingerprint density at radius 1 is 1.25 bits per heavy atom. The molecule has 1 aromatic heterocycles. The van der Waals surface area contributed by atoms with Gasteiger partial charge in [0.15, 0.2) is 0 Å². The van der Waals surface area contributed by atoms with Crippen LogP contribution in [0.15, 0.2) is 30.6 Å². The summed E-state index contributed by atoms with van der Waals surface area (Å²) in [7, 11) is 1.89. The van der Waals surface area contributed by atoms with Crippen LogP contribution in [0.25, 0.3) is 0 Å². The van der Waals surface area contributed by atoms with E-state index in [1.54, 1.807) is 10.7 Å². The second-order valence-electron chi connectivity index (χ2n) is 3.53. The second kappa shape index (κ2) is 4.76. The lowest BCUT2D eigenvalue weighted by Crippen LogP contribution is -1.98. The van der Waals surface area contributed by atoms with Gasteiger partial charge in [0.05, 0.1) is 6.20 Å². The third kappa shape index (κ3) is 2.90. The summed E-state index contributed by atoms with van der Waals surface area (Å²) in [5.74, 6) is 0. The maximum absolute atomic E-state index is 5.90. The molecule has 5 heteroatoms. The van der Waals surface area contributed by atoms with Crippen LogP contribution in [0.5, 0.6) is 0 Å². The number of aryl methyl sites for hydroxylation is 1. The molecule has 0 radical (unpaired) electrons. The maximum atomic E-state index is 5.90. The van der Waals surface area contributed by atoms with Gasteiger partial charge in [0, 0.05) is 41.1 Å². The Kier molecular flexibility index (Phi) is 3.36. The van der Waals surface area contributed by atoms with Gasteiger partial charge in [0.1, 0.15) is 0 Å². The zero-order chi connectivity index (χ0) is 11.5. The summed E-state index contributed by atoms with van der Waals surface area (Å²) in [5, 5.41) is 8.57. The van der Waals surface area contributed by atoms with Crippen molar-refractivity contribution >= 4 is 28.9 Å². The maximum Gasteiger partial charge on any atom is 0.0539 e. The molecule has 1 N–H and O–H groups in total. The number of nitrogens with one attached hydrogen (secondary N) is 1. The van der Waals surface area contributed by atoms with Crippen molar-refractivity contribution in [1.82, 2.24) is 9.78 Å². The molecule has 0 saturated heterocycles. The van der Waals surface area contributed by atoms with E-state index in [-0.39, 0.29) is 0 Å². The van der Waals surface area contributed by atoms with Crippen molar-refractivity contribution in [3.63, 3.8) is 0 Å². The lowest BCUT2D eigenvalue weighted by atomic mass is 10.3. The van der Waals surface area contributed by atoms with Gasteiger partial charge in [-0.2, -0.15) is 5.10 Å².